The monoisotopic (exact) mass is 439 g/mol. The van der Waals surface area contributed by atoms with E-state index in [0.717, 1.165) is 21.2 Å². The standard InChI is InChI=1S/C22H21N3O3S2/c1-2-28-22(27)15-7-9-16(10-8-15)23-14-21(26)25-18(20-6-4-12-30-20)13-17(24-25)19-5-3-11-29-19/h3-12,18,23H,2,13-14H2,1H3. The van der Waals surface area contributed by atoms with Gasteiger partial charge in [0, 0.05) is 17.0 Å². The van der Waals surface area contributed by atoms with E-state index in [0.29, 0.717) is 18.6 Å². The zero-order valence-corrected chi connectivity index (χ0v) is 18.0. The normalized spacial score (nSPS) is 15.7. The molecule has 3 aromatic rings. The Balaban J connectivity index is 1.44. The van der Waals surface area contributed by atoms with E-state index in [1.807, 2.05) is 35.0 Å². The molecule has 0 aliphatic carbocycles. The molecule has 2 aromatic heterocycles. The SMILES string of the molecule is CCOC(=O)c1ccc(NCC(=O)N2N=C(c3cccs3)CC2c2cccs2)cc1. The van der Waals surface area contributed by atoms with E-state index in [4.69, 9.17) is 4.74 Å². The van der Waals surface area contributed by atoms with Gasteiger partial charge in [0.05, 0.1) is 35.3 Å². The number of hydrazone groups is 1. The quantitative estimate of drug-likeness (QED) is 0.538. The van der Waals surface area contributed by atoms with Crippen LogP contribution in [0.15, 0.2) is 64.4 Å². The Hall–Kier alpha value is -2.97. The first-order chi connectivity index (χ1) is 14.7. The van der Waals surface area contributed by atoms with Crippen molar-refractivity contribution in [1.29, 1.82) is 0 Å². The minimum atomic E-state index is -0.355. The fraction of sp³-hybridized carbons (Fsp3) is 0.227. The van der Waals surface area contributed by atoms with Crippen LogP contribution in [-0.2, 0) is 9.53 Å². The number of carbonyl (C=O) groups is 2. The van der Waals surface area contributed by atoms with E-state index >= 15 is 0 Å². The maximum Gasteiger partial charge on any atom is 0.338 e. The lowest BCUT2D eigenvalue weighted by molar-refractivity contribution is -0.131. The smallest absolute Gasteiger partial charge is 0.338 e. The summed E-state index contributed by atoms with van der Waals surface area (Å²) in [5, 5.41) is 13.4. The zero-order chi connectivity index (χ0) is 20.9. The summed E-state index contributed by atoms with van der Waals surface area (Å²) in [6.07, 6.45) is 0.709. The molecule has 4 rings (SSSR count). The van der Waals surface area contributed by atoms with Gasteiger partial charge in [0.1, 0.15) is 0 Å². The molecule has 1 aliphatic heterocycles. The summed E-state index contributed by atoms with van der Waals surface area (Å²) in [6.45, 7) is 2.22. The molecule has 1 amide bonds. The van der Waals surface area contributed by atoms with E-state index in [1.165, 1.54) is 0 Å². The summed E-state index contributed by atoms with van der Waals surface area (Å²) < 4.78 is 4.99. The van der Waals surface area contributed by atoms with Crippen LogP contribution in [0.25, 0.3) is 0 Å². The van der Waals surface area contributed by atoms with E-state index in [9.17, 15) is 9.59 Å². The molecule has 1 unspecified atom stereocenters. The molecule has 0 saturated carbocycles. The number of nitrogens with one attached hydrogen (secondary N) is 1. The first-order valence-corrected chi connectivity index (χ1v) is 11.4. The molecule has 1 atom stereocenters. The van der Waals surface area contributed by atoms with Crippen LogP contribution in [0.3, 0.4) is 0 Å². The van der Waals surface area contributed by atoms with Gasteiger partial charge in [0.2, 0.25) is 0 Å². The minimum absolute atomic E-state index is 0.0809. The maximum absolute atomic E-state index is 13.0. The van der Waals surface area contributed by atoms with E-state index in [-0.39, 0.29) is 24.5 Å². The fourth-order valence-corrected chi connectivity index (χ4v) is 4.76. The van der Waals surface area contributed by atoms with Gasteiger partial charge in [-0.15, -0.1) is 22.7 Å². The highest BCUT2D eigenvalue weighted by Crippen LogP contribution is 2.35. The van der Waals surface area contributed by atoms with Crippen LogP contribution in [-0.4, -0.2) is 35.7 Å². The average Bonchev–Trinajstić information content (AvgIpc) is 3.53. The Morgan fingerprint density at radius 2 is 1.90 bits per heavy atom. The van der Waals surface area contributed by atoms with Gasteiger partial charge in [-0.05, 0) is 54.1 Å². The lowest BCUT2D eigenvalue weighted by atomic mass is 10.1. The van der Waals surface area contributed by atoms with Crippen molar-refractivity contribution in [3.63, 3.8) is 0 Å². The molecular formula is C22H21N3O3S2. The van der Waals surface area contributed by atoms with E-state index in [1.54, 1.807) is 58.9 Å². The van der Waals surface area contributed by atoms with Gasteiger partial charge in [-0.1, -0.05) is 12.1 Å². The lowest BCUT2D eigenvalue weighted by Crippen LogP contribution is -2.31. The molecule has 0 saturated heterocycles. The van der Waals surface area contributed by atoms with Gasteiger partial charge in [0.15, 0.2) is 0 Å². The van der Waals surface area contributed by atoms with Gasteiger partial charge < -0.3 is 10.1 Å². The van der Waals surface area contributed by atoms with Crippen LogP contribution in [0.1, 0.15) is 39.5 Å². The molecule has 3 heterocycles. The molecule has 8 heteroatoms. The van der Waals surface area contributed by atoms with Crippen LogP contribution in [0.4, 0.5) is 5.69 Å². The van der Waals surface area contributed by atoms with Crippen LogP contribution >= 0.6 is 22.7 Å². The van der Waals surface area contributed by atoms with Crippen molar-refractivity contribution >= 4 is 45.9 Å². The highest BCUT2D eigenvalue weighted by atomic mass is 32.1. The molecule has 30 heavy (non-hydrogen) atoms. The van der Waals surface area contributed by atoms with Crippen molar-refractivity contribution < 1.29 is 14.3 Å². The van der Waals surface area contributed by atoms with Crippen molar-refractivity contribution in [1.82, 2.24) is 5.01 Å². The number of anilines is 1. The third-order valence-electron chi connectivity index (χ3n) is 4.68. The van der Waals surface area contributed by atoms with Crippen LogP contribution in [0.5, 0.6) is 0 Å². The molecule has 1 N–H and O–H groups in total. The number of amides is 1. The number of thiophene rings is 2. The summed E-state index contributed by atoms with van der Waals surface area (Å²) in [7, 11) is 0. The fourth-order valence-electron chi connectivity index (χ4n) is 3.23. The van der Waals surface area contributed by atoms with Crippen LogP contribution in [0, 0.1) is 0 Å². The topological polar surface area (TPSA) is 71.0 Å². The summed E-state index contributed by atoms with van der Waals surface area (Å²) in [6, 6.07) is 14.9. The number of hydrogen-bond donors (Lipinski definition) is 1. The number of carbonyl (C=O) groups excluding carboxylic acids is 2. The summed E-state index contributed by atoms with van der Waals surface area (Å²) in [4.78, 5) is 27.0. The maximum atomic E-state index is 13.0. The summed E-state index contributed by atoms with van der Waals surface area (Å²) >= 11 is 3.27. The highest BCUT2D eigenvalue weighted by molar-refractivity contribution is 7.12. The van der Waals surface area contributed by atoms with Crippen molar-refractivity contribution in [3.05, 3.63) is 74.6 Å². The Kier molecular flexibility index (Phi) is 6.25. The number of ether oxygens (including phenoxy) is 1. The van der Waals surface area contributed by atoms with Crippen molar-refractivity contribution in [3.8, 4) is 0 Å². The van der Waals surface area contributed by atoms with E-state index in [2.05, 4.69) is 10.4 Å². The first-order valence-electron chi connectivity index (χ1n) is 9.63. The average molecular weight is 440 g/mol. The van der Waals surface area contributed by atoms with Crippen molar-refractivity contribution in [2.45, 2.75) is 19.4 Å². The third kappa shape index (κ3) is 4.44. The number of hydrogen-bond acceptors (Lipinski definition) is 7. The number of benzene rings is 1. The molecule has 0 spiro atoms. The number of rotatable bonds is 7. The lowest BCUT2D eigenvalue weighted by Gasteiger charge is -2.21. The molecular weight excluding hydrogens is 418 g/mol. The Morgan fingerprint density at radius 3 is 2.57 bits per heavy atom. The van der Waals surface area contributed by atoms with Crippen molar-refractivity contribution in [2.24, 2.45) is 5.10 Å². The molecule has 6 nitrogen and oxygen atoms in total. The molecule has 0 radical (unpaired) electrons. The van der Waals surface area contributed by atoms with Crippen molar-refractivity contribution in [2.75, 3.05) is 18.5 Å². The summed E-state index contributed by atoms with van der Waals surface area (Å²) in [5.74, 6) is -0.458. The third-order valence-corrected chi connectivity index (χ3v) is 6.58. The molecule has 1 aliphatic rings. The molecule has 0 fully saturated rings. The second-order valence-corrected chi connectivity index (χ2v) is 8.58. The van der Waals surface area contributed by atoms with Gasteiger partial charge in [-0.3, -0.25) is 4.79 Å². The minimum Gasteiger partial charge on any atom is -0.462 e. The summed E-state index contributed by atoms with van der Waals surface area (Å²) in [5.41, 5.74) is 2.18. The van der Waals surface area contributed by atoms with Crippen LogP contribution in [0.2, 0.25) is 0 Å². The predicted octanol–water partition coefficient (Wildman–Crippen LogP) is 4.78. The molecule has 0 bridgehead atoms. The molecule has 1 aromatic carbocycles. The molecule has 154 valence electrons. The van der Waals surface area contributed by atoms with Gasteiger partial charge >= 0.3 is 5.97 Å². The van der Waals surface area contributed by atoms with E-state index < -0.39 is 0 Å². The number of esters is 1. The second kappa shape index (κ2) is 9.23. The largest absolute Gasteiger partial charge is 0.462 e. The Morgan fingerprint density at radius 1 is 1.13 bits per heavy atom. The highest BCUT2D eigenvalue weighted by Gasteiger charge is 2.33. The second-order valence-electron chi connectivity index (χ2n) is 6.65. The van der Waals surface area contributed by atoms with Gasteiger partial charge in [-0.25, -0.2) is 9.80 Å². The van der Waals surface area contributed by atoms with Gasteiger partial charge in [0.25, 0.3) is 5.91 Å². The Bertz CT molecular complexity index is 1030. The number of nitrogens with zero attached hydrogens (tertiary/aromatic N) is 2. The first kappa shape index (κ1) is 20.3. The van der Waals surface area contributed by atoms with Crippen LogP contribution < -0.4 is 5.32 Å². The Labute approximate surface area is 182 Å². The predicted molar refractivity (Wildman–Crippen MR) is 120 cm³/mol. The zero-order valence-electron chi connectivity index (χ0n) is 16.4. The van der Waals surface area contributed by atoms with Gasteiger partial charge in [-0.2, -0.15) is 5.10 Å².